The van der Waals surface area contributed by atoms with Gasteiger partial charge in [-0.1, -0.05) is 13.3 Å². The lowest BCUT2D eigenvalue weighted by Crippen LogP contribution is -2.55. The van der Waals surface area contributed by atoms with Gasteiger partial charge in [-0.15, -0.1) is 0 Å². The number of aliphatic hydroxyl groups is 2. The molecule has 0 aliphatic heterocycles. The van der Waals surface area contributed by atoms with Crippen LogP contribution in [-0.2, 0) is 43.2 Å². The number of nitrogens with one attached hydrogen (secondary N) is 7. The molecule has 0 aromatic carbocycles. The fraction of sp³-hybridized carbons (Fsp3) is 0.667. The molecule has 0 aromatic rings. The summed E-state index contributed by atoms with van der Waals surface area (Å²) in [6, 6.07) is -6.11. The van der Waals surface area contributed by atoms with Gasteiger partial charge in [0.05, 0.1) is 19.8 Å². The van der Waals surface area contributed by atoms with E-state index in [0.717, 1.165) is 12.8 Å². The molecule has 0 aromatic heterocycles. The molecule has 0 fully saturated rings. The zero-order valence-electron chi connectivity index (χ0n) is 26.0. The van der Waals surface area contributed by atoms with E-state index < -0.39 is 91.8 Å². The second kappa shape index (κ2) is 24.4. The smallest absolute Gasteiger partial charge is 0.326 e. The van der Waals surface area contributed by atoms with Crippen LogP contribution in [0.5, 0.6) is 0 Å². The molecular formula is C27H45N7O13. The molecule has 4 atom stereocenters. The first kappa shape index (κ1) is 42.1. The summed E-state index contributed by atoms with van der Waals surface area (Å²) in [7, 11) is 0. The van der Waals surface area contributed by atoms with Crippen molar-refractivity contribution in [1.29, 1.82) is 0 Å². The third kappa shape index (κ3) is 19.3. The number of carboxylic acids is 2. The highest BCUT2D eigenvalue weighted by atomic mass is 16.4. The van der Waals surface area contributed by atoms with Crippen LogP contribution in [0.4, 0.5) is 0 Å². The number of unbranched alkanes of at least 4 members (excludes halogenated alkanes) is 1. The molecule has 11 N–H and O–H groups in total. The monoisotopic (exact) mass is 675 g/mol. The number of aliphatic carboxylic acids is 2. The van der Waals surface area contributed by atoms with Crippen LogP contribution in [-0.4, -0.2) is 131 Å². The van der Waals surface area contributed by atoms with Gasteiger partial charge in [0.15, 0.2) is 0 Å². The van der Waals surface area contributed by atoms with Crippen molar-refractivity contribution in [2.24, 2.45) is 0 Å². The molecular weight excluding hydrogens is 630 g/mol. The third-order valence-corrected chi connectivity index (χ3v) is 6.35. The molecule has 0 rings (SSSR count). The molecule has 47 heavy (non-hydrogen) atoms. The number of hydrogen-bond acceptors (Lipinski definition) is 11. The van der Waals surface area contributed by atoms with E-state index in [9.17, 15) is 58.5 Å². The van der Waals surface area contributed by atoms with Crippen LogP contribution in [0.3, 0.4) is 0 Å². The molecule has 0 saturated heterocycles. The Morgan fingerprint density at radius 2 is 1.11 bits per heavy atom. The number of carbonyl (C=O) groups is 9. The van der Waals surface area contributed by atoms with Crippen molar-refractivity contribution in [3.63, 3.8) is 0 Å². The summed E-state index contributed by atoms with van der Waals surface area (Å²) in [6.07, 6.45) is 1.14. The van der Waals surface area contributed by atoms with Crippen molar-refractivity contribution in [2.75, 3.05) is 32.8 Å². The van der Waals surface area contributed by atoms with E-state index in [2.05, 4.69) is 31.9 Å². The second-order valence-electron chi connectivity index (χ2n) is 10.1. The Morgan fingerprint density at radius 3 is 1.66 bits per heavy atom. The van der Waals surface area contributed by atoms with Crippen LogP contribution in [0.1, 0.15) is 58.3 Å². The molecule has 0 aliphatic carbocycles. The maximum absolute atomic E-state index is 12.5. The van der Waals surface area contributed by atoms with Gasteiger partial charge in [0.25, 0.3) is 0 Å². The average molecular weight is 676 g/mol. The minimum absolute atomic E-state index is 0.145. The van der Waals surface area contributed by atoms with Gasteiger partial charge in [-0.25, -0.2) is 9.59 Å². The molecule has 0 radical (unpaired) electrons. The van der Waals surface area contributed by atoms with Crippen LogP contribution >= 0.6 is 0 Å². The van der Waals surface area contributed by atoms with E-state index in [1.165, 1.54) is 0 Å². The molecule has 0 spiro atoms. The Hall–Kier alpha value is -4.85. The minimum Gasteiger partial charge on any atom is -0.480 e. The molecule has 20 heteroatoms. The van der Waals surface area contributed by atoms with Crippen molar-refractivity contribution < 1.29 is 63.6 Å². The Kier molecular flexibility index (Phi) is 21.9. The number of rotatable bonds is 26. The topological polar surface area (TPSA) is 319 Å². The zero-order chi connectivity index (χ0) is 35.8. The van der Waals surface area contributed by atoms with E-state index in [4.69, 9.17) is 5.11 Å². The predicted molar refractivity (Wildman–Crippen MR) is 160 cm³/mol. The lowest BCUT2D eigenvalue weighted by molar-refractivity contribution is -0.143. The highest BCUT2D eigenvalue weighted by Gasteiger charge is 2.27. The van der Waals surface area contributed by atoms with E-state index >= 15 is 0 Å². The van der Waals surface area contributed by atoms with Gasteiger partial charge < -0.3 is 57.6 Å². The molecule has 0 aliphatic rings. The Bertz CT molecular complexity index is 1090. The van der Waals surface area contributed by atoms with Crippen LogP contribution < -0.4 is 37.2 Å². The maximum Gasteiger partial charge on any atom is 0.326 e. The average Bonchev–Trinajstić information content (AvgIpc) is 3.03. The van der Waals surface area contributed by atoms with Gasteiger partial charge in [0, 0.05) is 32.4 Å². The van der Waals surface area contributed by atoms with Gasteiger partial charge in [0.1, 0.15) is 24.2 Å². The second-order valence-corrected chi connectivity index (χ2v) is 10.1. The largest absolute Gasteiger partial charge is 0.480 e. The van der Waals surface area contributed by atoms with Crippen LogP contribution in [0.15, 0.2) is 0 Å². The standard InChI is InChI=1S/C27H45N7O13/c1-2-3-10-28-20(38)5-4-11-29-21(39)8-7-17(27(46)47)34-25(43)19(14-36)33-23(41)12-30-24(42)18(13-35)32-22(40)9-6-16(26(44)45)31-15-37/h15-19,35-36H,2-14H2,1H3,(H,28,38)(H,29,39)(H,30,42)(H,31,37)(H,32,40)(H,33,41)(H,34,43)(H,44,45)(H,46,47)/t16-,17-,18-,19-/m0/s1. The van der Waals surface area contributed by atoms with Gasteiger partial charge in [-0.05, 0) is 25.7 Å². The highest BCUT2D eigenvalue weighted by Crippen LogP contribution is 2.01. The molecule has 0 heterocycles. The lowest BCUT2D eigenvalue weighted by atomic mass is 10.1. The van der Waals surface area contributed by atoms with Crippen molar-refractivity contribution >= 4 is 53.8 Å². The summed E-state index contributed by atoms with van der Waals surface area (Å²) >= 11 is 0. The summed E-state index contributed by atoms with van der Waals surface area (Å²) in [5, 5.41) is 53.1. The van der Waals surface area contributed by atoms with E-state index in [1.54, 1.807) is 0 Å². The quantitative estimate of drug-likeness (QED) is 0.0303. The fourth-order valence-electron chi connectivity index (χ4n) is 3.69. The maximum atomic E-state index is 12.5. The SMILES string of the molecule is CCCCNC(=O)CCCNC(=O)CC[C@H](NC(=O)[C@H](CO)NC(=O)CNC(=O)[C@H](CO)NC(=O)CC[C@H](NC=O)C(=O)O)C(=O)O. The fourth-order valence-corrected chi connectivity index (χ4v) is 3.69. The number of carbonyl (C=O) groups excluding carboxylic acids is 7. The number of amides is 7. The van der Waals surface area contributed by atoms with E-state index in [-0.39, 0.29) is 44.5 Å². The lowest BCUT2D eigenvalue weighted by Gasteiger charge is -2.20. The molecule has 266 valence electrons. The van der Waals surface area contributed by atoms with Gasteiger partial charge in [-0.3, -0.25) is 33.6 Å². The molecule has 20 nitrogen and oxygen atoms in total. The molecule has 0 saturated carbocycles. The number of carboxylic acid groups (broad SMARTS) is 2. The zero-order valence-corrected chi connectivity index (χ0v) is 26.0. The Balaban J connectivity index is 4.72. The van der Waals surface area contributed by atoms with Crippen molar-refractivity contribution in [2.45, 2.75) is 82.5 Å². The first-order valence-electron chi connectivity index (χ1n) is 14.9. The first-order chi connectivity index (χ1) is 22.3. The van der Waals surface area contributed by atoms with E-state index in [1.807, 2.05) is 12.2 Å². The van der Waals surface area contributed by atoms with Crippen LogP contribution in [0.2, 0.25) is 0 Å². The summed E-state index contributed by atoms with van der Waals surface area (Å²) in [6.45, 7) is 0.0826. The van der Waals surface area contributed by atoms with Gasteiger partial charge in [0.2, 0.25) is 41.9 Å². The van der Waals surface area contributed by atoms with E-state index in [0.29, 0.717) is 13.0 Å². The van der Waals surface area contributed by atoms with Crippen molar-refractivity contribution in [3.05, 3.63) is 0 Å². The van der Waals surface area contributed by atoms with Crippen LogP contribution in [0, 0.1) is 0 Å². The Morgan fingerprint density at radius 1 is 0.596 bits per heavy atom. The normalized spacial score (nSPS) is 13.0. The van der Waals surface area contributed by atoms with Gasteiger partial charge >= 0.3 is 11.9 Å². The van der Waals surface area contributed by atoms with Crippen molar-refractivity contribution in [1.82, 2.24) is 37.2 Å². The summed E-state index contributed by atoms with van der Waals surface area (Å²) in [5.74, 6) is -7.52. The summed E-state index contributed by atoms with van der Waals surface area (Å²) in [5.41, 5.74) is 0. The highest BCUT2D eigenvalue weighted by molar-refractivity contribution is 5.93. The van der Waals surface area contributed by atoms with Crippen LogP contribution in [0.25, 0.3) is 0 Å². The van der Waals surface area contributed by atoms with Crippen molar-refractivity contribution in [3.8, 4) is 0 Å². The summed E-state index contributed by atoms with van der Waals surface area (Å²) < 4.78 is 0. The molecule has 0 bridgehead atoms. The molecule has 0 unspecified atom stereocenters. The number of hydrogen-bond donors (Lipinski definition) is 11. The Labute approximate surface area is 270 Å². The third-order valence-electron chi connectivity index (χ3n) is 6.35. The first-order valence-corrected chi connectivity index (χ1v) is 14.9. The minimum atomic E-state index is -1.64. The predicted octanol–water partition coefficient (Wildman–Crippen LogP) is -4.80. The molecule has 7 amide bonds. The number of aliphatic hydroxyl groups excluding tert-OH is 2. The summed E-state index contributed by atoms with van der Waals surface area (Å²) in [4.78, 5) is 106. The van der Waals surface area contributed by atoms with Gasteiger partial charge in [-0.2, -0.15) is 0 Å².